The van der Waals surface area contributed by atoms with Crippen LogP contribution in [-0.4, -0.2) is 33.4 Å². The van der Waals surface area contributed by atoms with Crippen LogP contribution in [0.3, 0.4) is 0 Å². The number of rotatable bonds is 2. The molecule has 1 fully saturated rings. The molecular weight excluding hydrogens is 232 g/mol. The van der Waals surface area contributed by atoms with E-state index in [1.807, 2.05) is 6.20 Å². The van der Waals surface area contributed by atoms with Crippen molar-refractivity contribution in [1.82, 2.24) is 20.2 Å². The number of nitrogens with zero attached hydrogens (tertiary/aromatic N) is 2. The molecule has 0 radical (unpaired) electrons. The summed E-state index contributed by atoms with van der Waals surface area (Å²) in [5.74, 6) is 0.986. The molecule has 3 heterocycles. The predicted molar refractivity (Wildman–Crippen MR) is 63.6 cm³/mol. The summed E-state index contributed by atoms with van der Waals surface area (Å²) in [6, 6.07) is -0.210. The summed E-state index contributed by atoms with van der Waals surface area (Å²) in [6.07, 6.45) is 6.57. The normalized spacial score (nSPS) is 26.6. The molecule has 18 heavy (non-hydrogen) atoms. The first kappa shape index (κ1) is 11.3. The monoisotopic (exact) mass is 248 g/mol. The van der Waals surface area contributed by atoms with E-state index in [1.54, 1.807) is 6.20 Å². The van der Waals surface area contributed by atoms with Crippen LogP contribution in [0.25, 0.3) is 0 Å². The van der Waals surface area contributed by atoms with Gasteiger partial charge in [-0.3, -0.25) is 9.59 Å². The maximum absolute atomic E-state index is 12.0. The van der Waals surface area contributed by atoms with Crippen LogP contribution in [0.4, 0.5) is 0 Å². The minimum atomic E-state index is -0.346. The average Bonchev–Trinajstić information content (AvgIpc) is 2.96. The molecule has 3 rings (SSSR count). The number of carbonyl (C=O) groups excluding carboxylic acids is 2. The van der Waals surface area contributed by atoms with E-state index in [2.05, 4.69) is 20.2 Å². The van der Waals surface area contributed by atoms with E-state index < -0.39 is 0 Å². The molecule has 2 N–H and O–H groups in total. The Hall–Kier alpha value is -1.85. The number of carbonyl (C=O) groups is 2. The van der Waals surface area contributed by atoms with Gasteiger partial charge in [-0.05, 0) is 12.8 Å². The van der Waals surface area contributed by atoms with Gasteiger partial charge >= 0.3 is 0 Å². The average molecular weight is 248 g/mol. The highest BCUT2D eigenvalue weighted by atomic mass is 16.2. The van der Waals surface area contributed by atoms with E-state index in [0.717, 1.165) is 25.2 Å². The topological polar surface area (TPSA) is 76.0 Å². The first-order valence-corrected chi connectivity index (χ1v) is 6.32. The third kappa shape index (κ3) is 2.10. The van der Waals surface area contributed by atoms with E-state index in [-0.39, 0.29) is 23.9 Å². The Kier molecular flexibility index (Phi) is 2.77. The van der Waals surface area contributed by atoms with E-state index in [0.29, 0.717) is 12.8 Å². The van der Waals surface area contributed by atoms with Gasteiger partial charge in [0.1, 0.15) is 11.9 Å². The van der Waals surface area contributed by atoms with Gasteiger partial charge in [-0.1, -0.05) is 0 Å². The van der Waals surface area contributed by atoms with Crippen molar-refractivity contribution in [2.45, 2.75) is 44.3 Å². The van der Waals surface area contributed by atoms with Gasteiger partial charge in [0.2, 0.25) is 11.8 Å². The highest BCUT2D eigenvalue weighted by Crippen LogP contribution is 2.14. The number of aryl methyl sites for hydroxylation is 1. The van der Waals surface area contributed by atoms with Crippen LogP contribution in [0.5, 0.6) is 0 Å². The Morgan fingerprint density at radius 3 is 3.11 bits per heavy atom. The van der Waals surface area contributed by atoms with Crippen LogP contribution in [0.2, 0.25) is 0 Å². The summed E-state index contributed by atoms with van der Waals surface area (Å²) < 4.78 is 2.07. The molecule has 6 nitrogen and oxygen atoms in total. The lowest BCUT2D eigenvalue weighted by Gasteiger charge is -2.25. The second-order valence-corrected chi connectivity index (χ2v) is 4.90. The van der Waals surface area contributed by atoms with Crippen molar-refractivity contribution >= 4 is 11.8 Å². The number of hydrogen-bond donors (Lipinski definition) is 2. The highest BCUT2D eigenvalue weighted by molar-refractivity contribution is 5.90. The molecule has 0 bridgehead atoms. The standard InChI is InChI=1S/C12H16N4O2/c17-11-4-2-9(15-11)12(18)14-8-1-3-10-13-5-6-16(10)7-8/h5-6,8-9H,1-4,7H2,(H,14,18)(H,15,17)/t8-,9-/m1/s1. The van der Waals surface area contributed by atoms with Crippen molar-refractivity contribution < 1.29 is 9.59 Å². The Labute approximate surface area is 105 Å². The van der Waals surface area contributed by atoms with Gasteiger partial charge in [0.25, 0.3) is 0 Å². The Balaban J connectivity index is 1.58. The molecule has 0 spiro atoms. The van der Waals surface area contributed by atoms with E-state index >= 15 is 0 Å². The number of aromatic nitrogens is 2. The Morgan fingerprint density at radius 2 is 2.33 bits per heavy atom. The SMILES string of the molecule is O=C1CC[C@H](C(=O)N[C@@H]2CCc3nccn3C2)N1. The molecule has 2 aliphatic heterocycles. The molecule has 6 heteroatoms. The van der Waals surface area contributed by atoms with E-state index in [1.165, 1.54) is 0 Å². The number of imidazole rings is 1. The molecule has 0 aliphatic carbocycles. The van der Waals surface area contributed by atoms with Gasteiger partial charge in [0.05, 0.1) is 0 Å². The lowest BCUT2D eigenvalue weighted by molar-refractivity contribution is -0.126. The van der Waals surface area contributed by atoms with Crippen LogP contribution in [0.15, 0.2) is 12.4 Å². The zero-order valence-corrected chi connectivity index (χ0v) is 10.1. The van der Waals surface area contributed by atoms with Crippen molar-refractivity contribution in [3.05, 3.63) is 18.2 Å². The van der Waals surface area contributed by atoms with Gasteiger partial charge in [0.15, 0.2) is 0 Å². The molecule has 2 atom stereocenters. The van der Waals surface area contributed by atoms with Crippen LogP contribution < -0.4 is 10.6 Å². The fourth-order valence-corrected chi connectivity index (χ4v) is 2.60. The number of hydrogen-bond acceptors (Lipinski definition) is 3. The molecule has 1 aromatic heterocycles. The fraction of sp³-hybridized carbons (Fsp3) is 0.583. The molecule has 0 aromatic carbocycles. The van der Waals surface area contributed by atoms with Crippen molar-refractivity contribution in [3.8, 4) is 0 Å². The van der Waals surface area contributed by atoms with Crippen molar-refractivity contribution in [3.63, 3.8) is 0 Å². The van der Waals surface area contributed by atoms with E-state index in [4.69, 9.17) is 0 Å². The lowest BCUT2D eigenvalue weighted by Crippen LogP contribution is -2.48. The zero-order chi connectivity index (χ0) is 12.5. The number of fused-ring (bicyclic) bond motifs is 1. The first-order valence-electron chi connectivity index (χ1n) is 6.32. The van der Waals surface area contributed by atoms with Gasteiger partial charge in [-0.15, -0.1) is 0 Å². The zero-order valence-electron chi connectivity index (χ0n) is 10.1. The van der Waals surface area contributed by atoms with Crippen LogP contribution in [0.1, 0.15) is 25.1 Å². The second-order valence-electron chi connectivity index (χ2n) is 4.90. The predicted octanol–water partition coefficient (Wildman–Crippen LogP) is -0.407. The summed E-state index contributed by atoms with van der Waals surface area (Å²) in [4.78, 5) is 27.3. The van der Waals surface area contributed by atoms with Gasteiger partial charge < -0.3 is 15.2 Å². The number of amides is 2. The summed E-state index contributed by atoms with van der Waals surface area (Å²) in [6.45, 7) is 0.766. The van der Waals surface area contributed by atoms with E-state index in [9.17, 15) is 9.59 Å². The molecule has 1 aromatic rings. The third-order valence-corrected chi connectivity index (χ3v) is 3.59. The van der Waals surface area contributed by atoms with Crippen LogP contribution in [0, 0.1) is 0 Å². The fourth-order valence-electron chi connectivity index (χ4n) is 2.60. The van der Waals surface area contributed by atoms with Crippen molar-refractivity contribution in [2.24, 2.45) is 0 Å². The summed E-state index contributed by atoms with van der Waals surface area (Å²) in [5, 5.41) is 5.70. The van der Waals surface area contributed by atoms with Gasteiger partial charge in [0, 0.05) is 37.8 Å². The maximum Gasteiger partial charge on any atom is 0.242 e. The van der Waals surface area contributed by atoms with Crippen molar-refractivity contribution in [1.29, 1.82) is 0 Å². The largest absolute Gasteiger partial charge is 0.350 e. The Morgan fingerprint density at radius 1 is 1.44 bits per heavy atom. The van der Waals surface area contributed by atoms with Crippen LogP contribution in [-0.2, 0) is 22.6 Å². The minimum Gasteiger partial charge on any atom is -0.350 e. The molecule has 2 amide bonds. The summed E-state index contributed by atoms with van der Waals surface area (Å²) >= 11 is 0. The molecule has 0 saturated carbocycles. The second kappa shape index (κ2) is 4.44. The maximum atomic E-state index is 12.0. The highest BCUT2D eigenvalue weighted by Gasteiger charge is 2.29. The lowest BCUT2D eigenvalue weighted by atomic mass is 10.1. The molecule has 0 unspecified atom stereocenters. The third-order valence-electron chi connectivity index (χ3n) is 3.59. The van der Waals surface area contributed by atoms with Gasteiger partial charge in [-0.25, -0.2) is 4.98 Å². The summed E-state index contributed by atoms with van der Waals surface area (Å²) in [7, 11) is 0. The molecule has 96 valence electrons. The molecular formula is C12H16N4O2. The van der Waals surface area contributed by atoms with Gasteiger partial charge in [-0.2, -0.15) is 0 Å². The quantitative estimate of drug-likeness (QED) is 0.747. The smallest absolute Gasteiger partial charge is 0.242 e. The molecule has 1 saturated heterocycles. The Bertz CT molecular complexity index is 482. The minimum absolute atomic E-state index is 0.0318. The number of nitrogens with one attached hydrogen (secondary N) is 2. The first-order chi connectivity index (χ1) is 8.72. The van der Waals surface area contributed by atoms with Crippen LogP contribution >= 0.6 is 0 Å². The summed E-state index contributed by atoms with van der Waals surface area (Å²) in [5.41, 5.74) is 0. The molecule has 2 aliphatic rings. The van der Waals surface area contributed by atoms with Crippen molar-refractivity contribution in [2.75, 3.05) is 0 Å².